The third-order valence-electron chi connectivity index (χ3n) is 5.50. The summed E-state index contributed by atoms with van der Waals surface area (Å²) >= 11 is 0. The Hall–Kier alpha value is -1.41. The number of nitrogens with one attached hydrogen (secondary N) is 1. The first kappa shape index (κ1) is 25.6. The quantitative estimate of drug-likeness (QED) is 0.696. The molecule has 2 unspecified atom stereocenters. The highest BCUT2D eigenvalue weighted by Crippen LogP contribution is 2.25. The average molecular weight is 449 g/mol. The highest BCUT2D eigenvalue weighted by molar-refractivity contribution is 5.86. The van der Waals surface area contributed by atoms with E-state index in [0.29, 0.717) is 32.7 Å². The Morgan fingerprint density at radius 3 is 2.48 bits per heavy atom. The molecule has 0 aliphatic carbocycles. The molecule has 2 aliphatic heterocycles. The van der Waals surface area contributed by atoms with Crippen LogP contribution in [0.15, 0.2) is 24.3 Å². The van der Waals surface area contributed by atoms with Crippen LogP contribution < -0.4 is 11.1 Å². The molecule has 2 aliphatic rings. The van der Waals surface area contributed by atoms with Crippen LogP contribution in [0.4, 0.5) is 4.39 Å². The van der Waals surface area contributed by atoms with E-state index >= 15 is 0 Å². The molecular weight excluding hydrogens is 418 g/mol. The third kappa shape index (κ3) is 6.81. The number of benzene rings is 1. The van der Waals surface area contributed by atoms with E-state index in [9.17, 15) is 14.0 Å². The summed E-state index contributed by atoms with van der Waals surface area (Å²) in [5, 5.41) is 2.83. The molecule has 2 amide bonds. The van der Waals surface area contributed by atoms with Crippen LogP contribution in [0.2, 0.25) is 0 Å². The zero-order valence-corrected chi connectivity index (χ0v) is 18.2. The maximum atomic E-state index is 13.1. The van der Waals surface area contributed by atoms with Crippen molar-refractivity contribution in [3.63, 3.8) is 0 Å². The molecule has 2 atom stereocenters. The zero-order valence-electron chi connectivity index (χ0n) is 16.5. The number of hydrogen-bond donors (Lipinski definition) is 2. The van der Waals surface area contributed by atoms with E-state index < -0.39 is 0 Å². The van der Waals surface area contributed by atoms with Gasteiger partial charge in [-0.15, -0.1) is 24.8 Å². The third-order valence-corrected chi connectivity index (χ3v) is 5.50. The summed E-state index contributed by atoms with van der Waals surface area (Å²) in [7, 11) is 0. The lowest BCUT2D eigenvalue weighted by molar-refractivity contribution is -0.139. The minimum absolute atomic E-state index is 0. The Bertz CT molecular complexity index is 662. The van der Waals surface area contributed by atoms with Gasteiger partial charge in [-0.25, -0.2) is 4.39 Å². The SMILES string of the molecule is Cl.Cl.NCCNC(=O)C1CCCN(C(=O)C2CCCN2Cc2ccc(F)cc2)C1. The van der Waals surface area contributed by atoms with Gasteiger partial charge in [-0.2, -0.15) is 0 Å². The number of nitrogens with two attached hydrogens (primary N) is 1. The zero-order chi connectivity index (χ0) is 19.2. The van der Waals surface area contributed by atoms with Crippen LogP contribution in [0.1, 0.15) is 31.2 Å². The Morgan fingerprint density at radius 1 is 1.10 bits per heavy atom. The van der Waals surface area contributed by atoms with Crippen LogP contribution in [0.3, 0.4) is 0 Å². The minimum Gasteiger partial charge on any atom is -0.355 e. The number of carbonyl (C=O) groups excluding carboxylic acids is 2. The minimum atomic E-state index is -0.250. The van der Waals surface area contributed by atoms with E-state index in [-0.39, 0.29) is 54.4 Å². The highest BCUT2D eigenvalue weighted by Gasteiger charge is 2.36. The fraction of sp³-hybridized carbons (Fsp3) is 0.600. The van der Waals surface area contributed by atoms with E-state index in [1.54, 1.807) is 12.1 Å². The standard InChI is InChI=1S/C20H29FN4O2.2ClH/c21-17-7-5-15(6-8-17)13-24-11-2-4-18(24)20(27)25-12-1-3-16(14-25)19(26)23-10-9-22;;/h5-8,16,18H,1-4,9-14,22H2,(H,23,26);2*1H. The molecule has 0 radical (unpaired) electrons. The molecule has 6 nitrogen and oxygen atoms in total. The second kappa shape index (κ2) is 12.3. The van der Waals surface area contributed by atoms with Crippen molar-refractivity contribution in [2.45, 2.75) is 38.3 Å². The van der Waals surface area contributed by atoms with Crippen molar-refractivity contribution < 1.29 is 14.0 Å². The van der Waals surface area contributed by atoms with Crippen molar-refractivity contribution in [1.82, 2.24) is 15.1 Å². The van der Waals surface area contributed by atoms with Crippen LogP contribution in [-0.4, -0.2) is 60.4 Å². The van der Waals surface area contributed by atoms with Gasteiger partial charge >= 0.3 is 0 Å². The molecule has 29 heavy (non-hydrogen) atoms. The fourth-order valence-electron chi connectivity index (χ4n) is 4.06. The van der Waals surface area contributed by atoms with Gasteiger partial charge in [0.2, 0.25) is 11.8 Å². The number of halogens is 3. The molecule has 9 heteroatoms. The van der Waals surface area contributed by atoms with Crippen molar-refractivity contribution in [2.24, 2.45) is 11.7 Å². The molecule has 164 valence electrons. The first-order valence-electron chi connectivity index (χ1n) is 9.83. The molecule has 0 bridgehead atoms. The normalized spacial score (nSPS) is 21.8. The first-order chi connectivity index (χ1) is 13.1. The Labute approximate surface area is 184 Å². The van der Waals surface area contributed by atoms with Gasteiger partial charge in [0.25, 0.3) is 0 Å². The molecule has 1 aromatic rings. The smallest absolute Gasteiger partial charge is 0.239 e. The molecule has 2 saturated heterocycles. The molecule has 3 N–H and O–H groups in total. The number of hydrogen-bond acceptors (Lipinski definition) is 4. The molecule has 2 fully saturated rings. The molecule has 0 aromatic heterocycles. The predicted octanol–water partition coefficient (Wildman–Crippen LogP) is 1.95. The van der Waals surface area contributed by atoms with E-state index in [0.717, 1.165) is 37.8 Å². The van der Waals surface area contributed by atoms with Crippen molar-refractivity contribution in [2.75, 3.05) is 32.7 Å². The molecular formula is C20H31Cl2FN4O2. The summed E-state index contributed by atoms with van der Waals surface area (Å²) in [4.78, 5) is 29.4. The molecule has 0 spiro atoms. The summed E-state index contributed by atoms with van der Waals surface area (Å²) in [5.41, 5.74) is 6.45. The number of carbonyl (C=O) groups is 2. The first-order valence-corrected chi connectivity index (χ1v) is 9.83. The second-order valence-electron chi connectivity index (χ2n) is 7.46. The van der Waals surface area contributed by atoms with Crippen LogP contribution in [0.25, 0.3) is 0 Å². The summed E-state index contributed by atoms with van der Waals surface area (Å²) in [6.07, 6.45) is 3.47. The predicted molar refractivity (Wildman–Crippen MR) is 116 cm³/mol. The largest absolute Gasteiger partial charge is 0.355 e. The molecule has 2 heterocycles. The van der Waals surface area contributed by atoms with Crippen molar-refractivity contribution in [1.29, 1.82) is 0 Å². The van der Waals surface area contributed by atoms with E-state index in [4.69, 9.17) is 5.73 Å². The summed E-state index contributed by atoms with van der Waals surface area (Å²) < 4.78 is 13.1. The van der Waals surface area contributed by atoms with Gasteiger partial charge < -0.3 is 16.0 Å². The lowest BCUT2D eigenvalue weighted by Gasteiger charge is -2.35. The highest BCUT2D eigenvalue weighted by atomic mass is 35.5. The summed E-state index contributed by atoms with van der Waals surface area (Å²) in [6.45, 7) is 3.59. The number of likely N-dealkylation sites (tertiary alicyclic amines) is 2. The lowest BCUT2D eigenvalue weighted by Crippen LogP contribution is -2.51. The number of nitrogens with zero attached hydrogens (tertiary/aromatic N) is 2. The van der Waals surface area contributed by atoms with Crippen LogP contribution in [0.5, 0.6) is 0 Å². The Kier molecular flexibility index (Phi) is 10.9. The van der Waals surface area contributed by atoms with Crippen LogP contribution >= 0.6 is 24.8 Å². The van der Waals surface area contributed by atoms with Gasteiger partial charge in [-0.05, 0) is 49.9 Å². The number of amides is 2. The maximum absolute atomic E-state index is 13.1. The van der Waals surface area contributed by atoms with Gasteiger partial charge in [0.1, 0.15) is 5.82 Å². The van der Waals surface area contributed by atoms with Crippen LogP contribution in [0, 0.1) is 11.7 Å². The summed E-state index contributed by atoms with van der Waals surface area (Å²) in [5.74, 6) is -0.292. The second-order valence-corrected chi connectivity index (χ2v) is 7.46. The summed E-state index contributed by atoms with van der Waals surface area (Å²) in [6, 6.07) is 6.30. The maximum Gasteiger partial charge on any atom is 0.239 e. The Morgan fingerprint density at radius 2 is 1.79 bits per heavy atom. The Balaban J connectivity index is 0.00000210. The monoisotopic (exact) mass is 448 g/mol. The van der Waals surface area contributed by atoms with Gasteiger partial charge in [-0.3, -0.25) is 14.5 Å². The fourth-order valence-corrected chi connectivity index (χ4v) is 4.06. The van der Waals surface area contributed by atoms with E-state index in [2.05, 4.69) is 10.2 Å². The number of piperidine rings is 1. The van der Waals surface area contributed by atoms with E-state index in [1.807, 2.05) is 4.90 Å². The van der Waals surface area contributed by atoms with Gasteiger partial charge in [0.05, 0.1) is 12.0 Å². The van der Waals surface area contributed by atoms with Gasteiger partial charge in [0, 0.05) is 32.7 Å². The number of rotatable bonds is 6. The van der Waals surface area contributed by atoms with Crippen molar-refractivity contribution >= 4 is 36.6 Å². The van der Waals surface area contributed by atoms with E-state index in [1.165, 1.54) is 12.1 Å². The van der Waals surface area contributed by atoms with Gasteiger partial charge in [-0.1, -0.05) is 12.1 Å². The van der Waals surface area contributed by atoms with Crippen LogP contribution in [-0.2, 0) is 16.1 Å². The van der Waals surface area contributed by atoms with Crippen molar-refractivity contribution in [3.05, 3.63) is 35.6 Å². The topological polar surface area (TPSA) is 78.7 Å². The average Bonchev–Trinajstić information content (AvgIpc) is 3.15. The lowest BCUT2D eigenvalue weighted by atomic mass is 9.96. The van der Waals surface area contributed by atoms with Gasteiger partial charge in [0.15, 0.2) is 0 Å². The molecule has 0 saturated carbocycles. The molecule has 1 aromatic carbocycles. The van der Waals surface area contributed by atoms with Crippen molar-refractivity contribution in [3.8, 4) is 0 Å². The molecule has 3 rings (SSSR count).